The van der Waals surface area contributed by atoms with Crippen LogP contribution >= 0.6 is 11.8 Å². The van der Waals surface area contributed by atoms with E-state index < -0.39 is 67.9 Å². The van der Waals surface area contributed by atoms with Crippen LogP contribution in [0.25, 0.3) is 0 Å². The molecule has 0 aliphatic heterocycles. The number of rotatable bonds is 25. The van der Waals surface area contributed by atoms with E-state index in [2.05, 4.69) is 10.7 Å². The van der Waals surface area contributed by atoms with Gasteiger partial charge in [-0.15, -0.1) is 0 Å². The molecule has 10 N–H and O–H groups in total. The molecule has 2 aromatic carbocycles. The van der Waals surface area contributed by atoms with Crippen LogP contribution in [-0.2, 0) is 52.3 Å². The fraction of sp³-hybridized carbons (Fsp3) is 0.424. The summed E-state index contributed by atoms with van der Waals surface area (Å²) in [7, 11) is 0. The van der Waals surface area contributed by atoms with Crippen LogP contribution < -0.4 is 21.9 Å². The fourth-order valence-corrected chi connectivity index (χ4v) is 5.68. The number of nitrogens with zero attached hydrogens (tertiary/aromatic N) is 3. The van der Waals surface area contributed by atoms with Gasteiger partial charge in [-0.05, 0) is 16.7 Å². The molecular weight excluding hydrogens is 702 g/mol. The highest BCUT2D eigenvalue weighted by molar-refractivity contribution is 7.98. The van der Waals surface area contributed by atoms with Gasteiger partial charge < -0.3 is 31.5 Å². The minimum atomic E-state index is -1.25. The molecule has 0 fully saturated rings. The topological polar surface area (TPSA) is 277 Å². The SMILES string of the molecule is N[C@H](CSCc1ccccc1)C(=O)N[NH2+]C(=O)Cc1ccc(CNC(=O)CN(CCN(CC(=O)O)CC(=O)O)CCN(CC(=O)O)CC(=O)O)cc1. The first-order valence-electron chi connectivity index (χ1n) is 16.1. The molecule has 19 heteroatoms. The molecule has 3 amide bonds. The first kappa shape index (κ1) is 43.2. The number of carboxylic acids is 4. The van der Waals surface area contributed by atoms with Gasteiger partial charge in [-0.25, -0.2) is 4.79 Å². The quantitative estimate of drug-likeness (QED) is 0.0295. The number of benzene rings is 2. The van der Waals surface area contributed by atoms with Gasteiger partial charge in [-0.3, -0.25) is 43.5 Å². The maximum Gasteiger partial charge on any atom is 0.338 e. The molecule has 284 valence electrons. The summed E-state index contributed by atoms with van der Waals surface area (Å²) < 4.78 is 0. The van der Waals surface area contributed by atoms with Gasteiger partial charge >= 0.3 is 29.8 Å². The van der Waals surface area contributed by atoms with Gasteiger partial charge in [-0.1, -0.05) is 54.6 Å². The molecule has 0 aliphatic carbocycles. The van der Waals surface area contributed by atoms with Gasteiger partial charge in [0.2, 0.25) is 5.91 Å². The molecule has 0 spiro atoms. The summed E-state index contributed by atoms with van der Waals surface area (Å²) in [6, 6.07) is 15.8. The molecular formula is C33H46N7O11S+. The zero-order valence-electron chi connectivity index (χ0n) is 28.5. The molecule has 0 bridgehead atoms. The number of nitrogens with one attached hydrogen (secondary N) is 2. The Bertz CT molecular complexity index is 1430. The summed E-state index contributed by atoms with van der Waals surface area (Å²) >= 11 is 1.51. The molecule has 52 heavy (non-hydrogen) atoms. The molecule has 0 unspecified atom stereocenters. The van der Waals surface area contributed by atoms with Gasteiger partial charge in [0.25, 0.3) is 5.91 Å². The first-order valence-corrected chi connectivity index (χ1v) is 17.3. The third kappa shape index (κ3) is 19.5. The van der Waals surface area contributed by atoms with Crippen molar-refractivity contribution in [1.29, 1.82) is 0 Å². The van der Waals surface area contributed by atoms with Crippen LogP contribution in [0.2, 0.25) is 0 Å². The number of carbonyl (C=O) groups excluding carboxylic acids is 3. The third-order valence-electron chi connectivity index (χ3n) is 7.28. The molecule has 2 rings (SSSR count). The summed E-state index contributed by atoms with van der Waals surface area (Å²) in [5.41, 5.74) is 12.0. The number of amides is 3. The monoisotopic (exact) mass is 748 g/mol. The van der Waals surface area contributed by atoms with Crippen molar-refractivity contribution in [1.82, 2.24) is 25.4 Å². The summed E-state index contributed by atoms with van der Waals surface area (Å²) in [6.45, 7) is -2.41. The van der Waals surface area contributed by atoms with Crippen LogP contribution in [0.15, 0.2) is 54.6 Å². The predicted molar refractivity (Wildman–Crippen MR) is 188 cm³/mol. The Balaban J connectivity index is 1.87. The number of hydrogen-bond acceptors (Lipinski definition) is 12. The molecule has 18 nitrogen and oxygen atoms in total. The average molecular weight is 749 g/mol. The molecule has 0 heterocycles. The van der Waals surface area contributed by atoms with Gasteiger partial charge in [0.05, 0.1) is 45.2 Å². The summed E-state index contributed by atoms with van der Waals surface area (Å²) in [5.74, 6) is -5.15. The highest BCUT2D eigenvalue weighted by Gasteiger charge is 2.20. The Morgan fingerprint density at radius 1 is 0.654 bits per heavy atom. The Morgan fingerprint density at radius 2 is 1.13 bits per heavy atom. The van der Waals surface area contributed by atoms with Crippen molar-refractivity contribution < 1.29 is 59.4 Å². The lowest BCUT2D eigenvalue weighted by molar-refractivity contribution is -0.614. The average Bonchev–Trinajstić information content (AvgIpc) is 3.07. The molecule has 0 aliphatic rings. The van der Waals surface area contributed by atoms with Crippen LogP contribution in [0.4, 0.5) is 0 Å². The smallest absolute Gasteiger partial charge is 0.338 e. The van der Waals surface area contributed by atoms with Crippen LogP contribution in [0.1, 0.15) is 16.7 Å². The third-order valence-corrected chi connectivity index (χ3v) is 8.41. The van der Waals surface area contributed by atoms with Gasteiger partial charge in [-0.2, -0.15) is 22.6 Å². The predicted octanol–water partition coefficient (Wildman–Crippen LogP) is -2.53. The highest BCUT2D eigenvalue weighted by Crippen LogP contribution is 2.12. The number of aliphatic carboxylic acids is 4. The maximum atomic E-state index is 12.9. The van der Waals surface area contributed by atoms with Crippen molar-refractivity contribution in [2.75, 3.05) is 64.7 Å². The van der Waals surface area contributed by atoms with E-state index in [4.69, 9.17) is 26.2 Å². The lowest BCUT2D eigenvalue weighted by Gasteiger charge is -2.28. The lowest BCUT2D eigenvalue weighted by atomic mass is 10.1. The van der Waals surface area contributed by atoms with Crippen molar-refractivity contribution in [3.8, 4) is 0 Å². The van der Waals surface area contributed by atoms with E-state index in [1.54, 1.807) is 29.2 Å². The van der Waals surface area contributed by atoms with Crippen LogP contribution in [0.3, 0.4) is 0 Å². The zero-order valence-corrected chi connectivity index (χ0v) is 29.3. The Kier molecular flexibility index (Phi) is 19.6. The number of carboxylic acid groups (broad SMARTS) is 4. The molecule has 0 aromatic heterocycles. The normalized spacial score (nSPS) is 11.7. The molecule has 1 atom stereocenters. The number of primary amides is 1. The number of nitrogens with two attached hydrogens (primary N) is 2. The van der Waals surface area contributed by atoms with E-state index >= 15 is 0 Å². The van der Waals surface area contributed by atoms with Crippen molar-refractivity contribution in [2.45, 2.75) is 24.8 Å². The van der Waals surface area contributed by atoms with E-state index in [0.717, 1.165) is 20.8 Å². The van der Waals surface area contributed by atoms with Gasteiger partial charge in [0, 0.05) is 44.2 Å². The number of thioether (sulfide) groups is 1. The molecule has 2 aromatic rings. The van der Waals surface area contributed by atoms with Gasteiger partial charge in [0.15, 0.2) is 0 Å². The van der Waals surface area contributed by atoms with E-state index in [9.17, 15) is 33.6 Å². The molecule has 0 saturated carbocycles. The van der Waals surface area contributed by atoms with Crippen LogP contribution in [0, 0.1) is 0 Å². The standard InChI is InChI=1S/C33H45N7O11S/c34-26(22-52-21-25-4-2-1-3-5-25)33(51)37-36-27(41)14-23-6-8-24(9-7-23)15-35-28(42)16-38(10-12-39(17-29(43)44)18-30(45)46)11-13-40(19-31(47)48)20-32(49)50/h1-9,26H,10-22,34H2,(H,35,42)(H,36,41)(H,37,51)(H,43,44)(H,45,46)(H,47,48)(H,49,50)/p+1/t26-/m1/s1. The van der Waals surface area contributed by atoms with Crippen LogP contribution in [-0.4, -0.2) is 147 Å². The zero-order chi connectivity index (χ0) is 38.5. The summed E-state index contributed by atoms with van der Waals surface area (Å²) in [4.78, 5) is 86.3. The van der Waals surface area contributed by atoms with E-state index in [1.807, 2.05) is 30.3 Å². The van der Waals surface area contributed by atoms with Gasteiger partial charge in [0.1, 0.15) is 0 Å². The summed E-state index contributed by atoms with van der Waals surface area (Å²) in [5, 5.41) is 39.3. The lowest BCUT2D eigenvalue weighted by Crippen LogP contribution is -2.98. The molecule has 0 saturated heterocycles. The number of hydrogen-bond donors (Lipinski definition) is 8. The van der Waals surface area contributed by atoms with Crippen molar-refractivity contribution >= 4 is 53.4 Å². The van der Waals surface area contributed by atoms with Crippen molar-refractivity contribution in [3.63, 3.8) is 0 Å². The maximum absolute atomic E-state index is 12.9. The van der Waals surface area contributed by atoms with Crippen molar-refractivity contribution in [3.05, 3.63) is 71.3 Å². The first-order chi connectivity index (χ1) is 24.7. The largest absolute Gasteiger partial charge is 0.480 e. The highest BCUT2D eigenvalue weighted by atomic mass is 32.2. The molecule has 0 radical (unpaired) electrons. The minimum Gasteiger partial charge on any atom is -0.480 e. The number of carbonyl (C=O) groups is 7. The van der Waals surface area contributed by atoms with E-state index in [-0.39, 0.29) is 51.6 Å². The Morgan fingerprint density at radius 3 is 1.63 bits per heavy atom. The van der Waals surface area contributed by atoms with Crippen molar-refractivity contribution in [2.24, 2.45) is 5.73 Å². The van der Waals surface area contributed by atoms with E-state index in [0.29, 0.717) is 22.6 Å². The summed E-state index contributed by atoms with van der Waals surface area (Å²) in [6.07, 6.45) is 0.0153. The van der Waals surface area contributed by atoms with Crippen LogP contribution in [0.5, 0.6) is 0 Å². The fourth-order valence-electron chi connectivity index (χ4n) is 4.73. The second-order valence-electron chi connectivity index (χ2n) is 11.8. The minimum absolute atomic E-state index is 0.0153. The van der Waals surface area contributed by atoms with E-state index in [1.165, 1.54) is 11.8 Å². The Hall–Kier alpha value is -4.92. The Labute approximate surface area is 304 Å². The second kappa shape index (κ2) is 23.5. The second-order valence-corrected chi connectivity index (χ2v) is 12.8. The number of quaternary nitrogens is 1.